The SMILES string of the molecule is C[NH+]1CCc2nc(SCC(=O)c3cccc(Cl)c3)c(C#N)cc2C1. The number of aromatic nitrogens is 1. The Bertz CT molecular complexity index is 831. The van der Waals surface area contributed by atoms with Gasteiger partial charge in [-0.2, -0.15) is 5.26 Å². The Morgan fingerprint density at radius 2 is 2.29 bits per heavy atom. The molecule has 1 N–H and O–H groups in total. The van der Waals surface area contributed by atoms with Crippen LogP contribution in [0.5, 0.6) is 0 Å². The average Bonchev–Trinajstić information content (AvgIpc) is 2.58. The maximum absolute atomic E-state index is 12.3. The predicted octanol–water partition coefficient (Wildman–Crippen LogP) is 2.15. The summed E-state index contributed by atoms with van der Waals surface area (Å²) in [6, 6.07) is 11.0. The number of hydrogen-bond acceptors (Lipinski definition) is 4. The van der Waals surface area contributed by atoms with Crippen molar-refractivity contribution in [1.29, 1.82) is 5.26 Å². The molecule has 24 heavy (non-hydrogen) atoms. The second-order valence-electron chi connectivity index (χ2n) is 5.91. The number of carbonyl (C=O) groups is 1. The van der Waals surface area contributed by atoms with Gasteiger partial charge in [0.05, 0.1) is 30.6 Å². The van der Waals surface area contributed by atoms with Gasteiger partial charge in [0.1, 0.15) is 17.6 Å². The van der Waals surface area contributed by atoms with Crippen molar-refractivity contribution < 1.29 is 9.69 Å². The lowest BCUT2D eigenvalue weighted by atomic mass is 10.0. The Balaban J connectivity index is 1.78. The van der Waals surface area contributed by atoms with Gasteiger partial charge < -0.3 is 4.90 Å². The number of benzene rings is 1. The normalized spacial score (nSPS) is 16.3. The van der Waals surface area contributed by atoms with Gasteiger partial charge in [0.2, 0.25) is 0 Å². The zero-order valence-electron chi connectivity index (χ0n) is 13.3. The van der Waals surface area contributed by atoms with Gasteiger partial charge in [-0.05, 0) is 18.2 Å². The lowest BCUT2D eigenvalue weighted by Gasteiger charge is -2.22. The topological polar surface area (TPSA) is 58.2 Å². The van der Waals surface area contributed by atoms with E-state index in [1.54, 1.807) is 24.3 Å². The van der Waals surface area contributed by atoms with Crippen LogP contribution in [0.4, 0.5) is 0 Å². The molecule has 0 radical (unpaired) electrons. The molecule has 1 aliphatic heterocycles. The van der Waals surface area contributed by atoms with E-state index in [1.807, 2.05) is 6.07 Å². The number of rotatable bonds is 4. The van der Waals surface area contributed by atoms with Crippen LogP contribution in [0.15, 0.2) is 35.4 Å². The molecular formula is C18H17ClN3OS+. The molecule has 1 aliphatic rings. The minimum atomic E-state index is -0.0184. The predicted molar refractivity (Wildman–Crippen MR) is 94.6 cm³/mol. The van der Waals surface area contributed by atoms with Crippen LogP contribution >= 0.6 is 23.4 Å². The number of quaternary nitrogens is 1. The number of nitrogens with zero attached hydrogens (tertiary/aromatic N) is 2. The molecule has 2 aromatic rings. The Morgan fingerprint density at radius 3 is 3.04 bits per heavy atom. The number of nitrogens with one attached hydrogen (secondary N) is 1. The van der Waals surface area contributed by atoms with Crippen molar-refractivity contribution in [2.45, 2.75) is 18.0 Å². The maximum Gasteiger partial charge on any atom is 0.173 e. The van der Waals surface area contributed by atoms with E-state index < -0.39 is 0 Å². The summed E-state index contributed by atoms with van der Waals surface area (Å²) in [5.41, 5.74) is 3.32. The first-order chi connectivity index (χ1) is 11.6. The number of likely N-dealkylation sites (N-methyl/N-ethyl adjacent to an activating group) is 1. The summed E-state index contributed by atoms with van der Waals surface area (Å²) in [5.74, 6) is 0.224. The van der Waals surface area contributed by atoms with E-state index in [0.29, 0.717) is 21.2 Å². The fourth-order valence-electron chi connectivity index (χ4n) is 2.76. The van der Waals surface area contributed by atoms with Crippen LogP contribution in [0.1, 0.15) is 27.2 Å². The molecule has 0 amide bonds. The molecule has 6 heteroatoms. The molecule has 0 fully saturated rings. The fraction of sp³-hybridized carbons (Fsp3) is 0.278. The number of Topliss-reactive ketones (excluding diaryl/α,β-unsaturated/α-hetero) is 1. The molecule has 0 saturated carbocycles. The third-order valence-electron chi connectivity index (χ3n) is 4.04. The van der Waals surface area contributed by atoms with Gasteiger partial charge in [0.15, 0.2) is 5.78 Å². The monoisotopic (exact) mass is 358 g/mol. The number of nitriles is 1. The van der Waals surface area contributed by atoms with Crippen LogP contribution in [-0.4, -0.2) is 30.1 Å². The molecule has 1 unspecified atom stereocenters. The smallest absolute Gasteiger partial charge is 0.173 e. The number of halogens is 1. The highest BCUT2D eigenvalue weighted by Crippen LogP contribution is 2.25. The molecule has 122 valence electrons. The average molecular weight is 359 g/mol. The van der Waals surface area contributed by atoms with Crippen molar-refractivity contribution in [2.75, 3.05) is 19.3 Å². The van der Waals surface area contributed by atoms with Crippen LogP contribution in [0.3, 0.4) is 0 Å². The van der Waals surface area contributed by atoms with Gasteiger partial charge in [-0.1, -0.05) is 35.5 Å². The third kappa shape index (κ3) is 3.78. The zero-order chi connectivity index (χ0) is 17.1. The Labute approximate surface area is 150 Å². The summed E-state index contributed by atoms with van der Waals surface area (Å²) in [7, 11) is 2.14. The van der Waals surface area contributed by atoms with Crippen molar-refractivity contribution in [3.8, 4) is 6.07 Å². The Morgan fingerprint density at radius 1 is 1.46 bits per heavy atom. The highest BCUT2D eigenvalue weighted by atomic mass is 35.5. The Kier molecular flexibility index (Phi) is 5.20. The zero-order valence-corrected chi connectivity index (χ0v) is 14.9. The summed E-state index contributed by atoms with van der Waals surface area (Å²) in [4.78, 5) is 18.4. The third-order valence-corrected chi connectivity index (χ3v) is 5.27. The highest BCUT2D eigenvalue weighted by molar-refractivity contribution is 8.00. The minimum absolute atomic E-state index is 0.0184. The number of fused-ring (bicyclic) bond motifs is 1. The van der Waals surface area contributed by atoms with Gasteiger partial charge in [-0.3, -0.25) is 4.79 Å². The molecule has 1 aromatic heterocycles. The van der Waals surface area contributed by atoms with Gasteiger partial charge in [0, 0.05) is 22.6 Å². The van der Waals surface area contributed by atoms with Gasteiger partial charge in [-0.15, -0.1) is 0 Å². The van der Waals surface area contributed by atoms with Crippen LogP contribution < -0.4 is 4.90 Å². The number of thioether (sulfide) groups is 1. The van der Waals surface area contributed by atoms with E-state index in [1.165, 1.54) is 16.7 Å². The van der Waals surface area contributed by atoms with Crippen molar-refractivity contribution >= 4 is 29.1 Å². The van der Waals surface area contributed by atoms with Gasteiger partial charge in [0.25, 0.3) is 0 Å². The quantitative estimate of drug-likeness (QED) is 0.672. The second-order valence-corrected chi connectivity index (χ2v) is 7.32. The van der Waals surface area contributed by atoms with Crippen LogP contribution in [0.2, 0.25) is 5.02 Å². The van der Waals surface area contributed by atoms with Gasteiger partial charge in [-0.25, -0.2) is 4.98 Å². The van der Waals surface area contributed by atoms with E-state index in [2.05, 4.69) is 18.1 Å². The van der Waals surface area contributed by atoms with Crippen molar-refractivity contribution in [3.63, 3.8) is 0 Å². The van der Waals surface area contributed by atoms with Crippen molar-refractivity contribution in [1.82, 2.24) is 4.98 Å². The number of hydrogen-bond donors (Lipinski definition) is 1. The summed E-state index contributed by atoms with van der Waals surface area (Å²) in [5, 5.41) is 10.6. The first-order valence-electron chi connectivity index (χ1n) is 7.72. The largest absolute Gasteiger partial charge is 0.333 e. The van der Waals surface area contributed by atoms with E-state index in [0.717, 1.165) is 30.8 Å². The standard InChI is InChI=1S/C18H16ClN3OS/c1-22-6-5-16-14(10-22)7-13(9-20)18(21-16)24-11-17(23)12-3-2-4-15(19)8-12/h2-4,7-8H,5-6,10-11H2,1H3/p+1. The highest BCUT2D eigenvalue weighted by Gasteiger charge is 2.21. The molecule has 1 atom stereocenters. The van der Waals surface area contributed by atoms with Crippen LogP contribution in [-0.2, 0) is 13.0 Å². The molecule has 2 heterocycles. The molecular weight excluding hydrogens is 342 g/mol. The van der Waals surface area contributed by atoms with E-state index in [9.17, 15) is 10.1 Å². The van der Waals surface area contributed by atoms with Crippen LogP contribution in [0, 0.1) is 11.3 Å². The fourth-order valence-corrected chi connectivity index (χ4v) is 3.82. The number of pyridine rings is 1. The molecule has 3 rings (SSSR count). The summed E-state index contributed by atoms with van der Waals surface area (Å²) in [6.45, 7) is 1.93. The molecule has 0 bridgehead atoms. The molecule has 1 aromatic carbocycles. The lowest BCUT2D eigenvalue weighted by molar-refractivity contribution is -0.895. The van der Waals surface area contributed by atoms with E-state index in [-0.39, 0.29) is 11.5 Å². The number of ketones is 1. The van der Waals surface area contributed by atoms with Crippen molar-refractivity contribution in [3.05, 3.63) is 57.7 Å². The second kappa shape index (κ2) is 7.35. The van der Waals surface area contributed by atoms with Crippen molar-refractivity contribution in [2.24, 2.45) is 0 Å². The first kappa shape index (κ1) is 17.0. The molecule has 0 saturated heterocycles. The maximum atomic E-state index is 12.3. The summed E-state index contributed by atoms with van der Waals surface area (Å²) in [6.07, 6.45) is 0.905. The Hall–Kier alpha value is -1.87. The van der Waals surface area contributed by atoms with E-state index >= 15 is 0 Å². The molecule has 4 nitrogen and oxygen atoms in total. The number of carbonyl (C=O) groups excluding carboxylic acids is 1. The molecule has 0 spiro atoms. The lowest BCUT2D eigenvalue weighted by Crippen LogP contribution is -3.08. The summed E-state index contributed by atoms with van der Waals surface area (Å²) < 4.78 is 0. The summed E-state index contributed by atoms with van der Waals surface area (Å²) >= 11 is 7.25. The van der Waals surface area contributed by atoms with Crippen LogP contribution in [0.25, 0.3) is 0 Å². The van der Waals surface area contributed by atoms with Gasteiger partial charge >= 0.3 is 0 Å². The minimum Gasteiger partial charge on any atom is -0.333 e. The molecule has 0 aliphatic carbocycles. The first-order valence-corrected chi connectivity index (χ1v) is 9.09. The van der Waals surface area contributed by atoms with E-state index in [4.69, 9.17) is 11.6 Å².